The zero-order valence-corrected chi connectivity index (χ0v) is 13.0. The van der Waals surface area contributed by atoms with Gasteiger partial charge in [0.15, 0.2) is 0 Å². The van der Waals surface area contributed by atoms with Crippen molar-refractivity contribution in [2.75, 3.05) is 6.54 Å². The average molecular weight is 258 g/mol. The fraction of sp³-hybridized carbons (Fsp3) is 1.00. The van der Waals surface area contributed by atoms with Gasteiger partial charge < -0.3 is 22.9 Å². The van der Waals surface area contributed by atoms with E-state index in [0.29, 0.717) is 18.4 Å². The van der Waals surface area contributed by atoms with Gasteiger partial charge in [-0.1, -0.05) is 34.6 Å². The van der Waals surface area contributed by atoms with E-state index in [1.54, 1.807) is 0 Å². The summed E-state index contributed by atoms with van der Waals surface area (Å²) in [5, 5.41) is 0. The molecule has 0 saturated heterocycles. The van der Waals surface area contributed by atoms with E-state index in [9.17, 15) is 0 Å². The van der Waals surface area contributed by atoms with Gasteiger partial charge in [-0.2, -0.15) is 0 Å². The van der Waals surface area contributed by atoms with Crippen LogP contribution in [-0.4, -0.2) is 23.7 Å². The van der Waals surface area contributed by atoms with Crippen molar-refractivity contribution in [1.82, 2.24) is 0 Å². The Morgan fingerprint density at radius 3 is 1.67 bits per heavy atom. The van der Waals surface area contributed by atoms with Gasteiger partial charge in [0.1, 0.15) is 0 Å². The van der Waals surface area contributed by atoms with E-state index in [1.165, 1.54) is 0 Å². The standard InChI is InChI=1S/C14H34N4/c1-9(2)13(6,17)12(16)7-11(5)14(18,8-15)10(3)4/h9-12H,7-8,15-18H2,1-6H3. The maximum absolute atomic E-state index is 6.43. The Kier molecular flexibility index (Phi) is 6.27. The minimum Gasteiger partial charge on any atom is -0.329 e. The molecule has 0 spiro atoms. The summed E-state index contributed by atoms with van der Waals surface area (Å²) in [5.41, 5.74) is 24.1. The fourth-order valence-electron chi connectivity index (χ4n) is 2.29. The second kappa shape index (κ2) is 6.33. The van der Waals surface area contributed by atoms with Crippen LogP contribution in [0.3, 0.4) is 0 Å². The third kappa shape index (κ3) is 3.67. The van der Waals surface area contributed by atoms with Crippen LogP contribution in [-0.2, 0) is 0 Å². The lowest BCUT2D eigenvalue weighted by Gasteiger charge is -2.43. The lowest BCUT2D eigenvalue weighted by atomic mass is 9.71. The van der Waals surface area contributed by atoms with Crippen LogP contribution >= 0.6 is 0 Å². The Balaban J connectivity index is 4.80. The van der Waals surface area contributed by atoms with Crippen LogP contribution in [0.4, 0.5) is 0 Å². The van der Waals surface area contributed by atoms with Gasteiger partial charge in [0.25, 0.3) is 0 Å². The molecular formula is C14H34N4. The molecular weight excluding hydrogens is 224 g/mol. The molecule has 4 unspecified atom stereocenters. The van der Waals surface area contributed by atoms with Gasteiger partial charge in [0.05, 0.1) is 0 Å². The molecule has 0 fully saturated rings. The first kappa shape index (κ1) is 17.8. The quantitative estimate of drug-likeness (QED) is 0.547. The number of hydrogen-bond donors (Lipinski definition) is 4. The van der Waals surface area contributed by atoms with Crippen LogP contribution in [0.1, 0.15) is 48.0 Å². The highest BCUT2D eigenvalue weighted by Crippen LogP contribution is 2.29. The summed E-state index contributed by atoms with van der Waals surface area (Å²) in [7, 11) is 0. The fourth-order valence-corrected chi connectivity index (χ4v) is 2.29. The molecule has 0 bridgehead atoms. The number of hydrogen-bond acceptors (Lipinski definition) is 4. The van der Waals surface area contributed by atoms with E-state index in [4.69, 9.17) is 22.9 Å². The van der Waals surface area contributed by atoms with Crippen LogP contribution in [0.5, 0.6) is 0 Å². The van der Waals surface area contributed by atoms with Gasteiger partial charge >= 0.3 is 0 Å². The second-order valence-electron chi connectivity index (χ2n) is 6.74. The highest BCUT2D eigenvalue weighted by Gasteiger charge is 2.38. The molecule has 0 radical (unpaired) electrons. The van der Waals surface area contributed by atoms with Crippen molar-refractivity contribution in [2.45, 2.75) is 65.1 Å². The maximum Gasteiger partial charge on any atom is 0.0328 e. The minimum atomic E-state index is -0.374. The highest BCUT2D eigenvalue weighted by molar-refractivity contribution is 4.99. The van der Waals surface area contributed by atoms with E-state index in [0.717, 1.165) is 6.42 Å². The highest BCUT2D eigenvalue weighted by atomic mass is 14.9. The van der Waals surface area contributed by atoms with E-state index in [1.807, 2.05) is 6.92 Å². The molecule has 110 valence electrons. The summed E-state index contributed by atoms with van der Waals surface area (Å²) in [6.45, 7) is 13.0. The molecule has 0 heterocycles. The van der Waals surface area contributed by atoms with Crippen molar-refractivity contribution in [3.05, 3.63) is 0 Å². The molecule has 18 heavy (non-hydrogen) atoms. The third-order valence-electron chi connectivity index (χ3n) is 5.00. The Morgan fingerprint density at radius 2 is 1.39 bits per heavy atom. The molecule has 4 heteroatoms. The third-order valence-corrected chi connectivity index (χ3v) is 5.00. The smallest absolute Gasteiger partial charge is 0.0328 e. The van der Waals surface area contributed by atoms with Gasteiger partial charge in [0, 0.05) is 23.7 Å². The zero-order valence-electron chi connectivity index (χ0n) is 13.0. The van der Waals surface area contributed by atoms with Crippen molar-refractivity contribution < 1.29 is 0 Å². The first-order chi connectivity index (χ1) is 8.00. The van der Waals surface area contributed by atoms with Gasteiger partial charge in [-0.3, -0.25) is 0 Å². The molecule has 0 amide bonds. The zero-order chi connectivity index (χ0) is 14.7. The Hall–Kier alpha value is -0.160. The minimum absolute atomic E-state index is 0.0688. The molecule has 8 N–H and O–H groups in total. The first-order valence-corrected chi connectivity index (χ1v) is 7.03. The van der Waals surface area contributed by atoms with Crippen LogP contribution in [0.25, 0.3) is 0 Å². The van der Waals surface area contributed by atoms with E-state index >= 15 is 0 Å². The van der Waals surface area contributed by atoms with Crippen LogP contribution in [0, 0.1) is 17.8 Å². The molecule has 0 aliphatic carbocycles. The van der Waals surface area contributed by atoms with Gasteiger partial charge in [0.2, 0.25) is 0 Å². The second-order valence-corrected chi connectivity index (χ2v) is 6.74. The largest absolute Gasteiger partial charge is 0.329 e. The lowest BCUT2D eigenvalue weighted by Crippen LogP contribution is -2.61. The van der Waals surface area contributed by atoms with Crippen molar-refractivity contribution in [1.29, 1.82) is 0 Å². The molecule has 4 atom stereocenters. The summed E-state index contributed by atoms with van der Waals surface area (Å²) in [6, 6.07) is -0.0688. The Labute approximate surface area is 113 Å². The van der Waals surface area contributed by atoms with Crippen molar-refractivity contribution in [3.63, 3.8) is 0 Å². The number of nitrogens with two attached hydrogens (primary N) is 4. The van der Waals surface area contributed by atoms with E-state index in [-0.39, 0.29) is 23.0 Å². The van der Waals surface area contributed by atoms with E-state index in [2.05, 4.69) is 34.6 Å². The SMILES string of the molecule is CC(C)C(C)(N)C(N)CC(C)C(N)(CN)C(C)C. The molecule has 0 saturated carbocycles. The van der Waals surface area contributed by atoms with Crippen LogP contribution in [0.2, 0.25) is 0 Å². The van der Waals surface area contributed by atoms with Gasteiger partial charge in [-0.05, 0) is 31.1 Å². The molecule has 4 nitrogen and oxygen atoms in total. The average Bonchev–Trinajstić information content (AvgIpc) is 2.26. The molecule has 0 aliphatic heterocycles. The Morgan fingerprint density at radius 1 is 0.944 bits per heavy atom. The molecule has 0 aromatic heterocycles. The van der Waals surface area contributed by atoms with Crippen LogP contribution < -0.4 is 22.9 Å². The monoisotopic (exact) mass is 258 g/mol. The van der Waals surface area contributed by atoms with Gasteiger partial charge in [-0.25, -0.2) is 0 Å². The topological polar surface area (TPSA) is 104 Å². The van der Waals surface area contributed by atoms with Gasteiger partial charge in [-0.15, -0.1) is 0 Å². The number of rotatable bonds is 7. The molecule has 0 aromatic rings. The maximum atomic E-state index is 6.43. The summed E-state index contributed by atoms with van der Waals surface area (Å²) < 4.78 is 0. The predicted molar refractivity (Wildman–Crippen MR) is 80.0 cm³/mol. The molecule has 0 aromatic carbocycles. The summed E-state index contributed by atoms with van der Waals surface area (Å²) >= 11 is 0. The van der Waals surface area contributed by atoms with Crippen molar-refractivity contribution >= 4 is 0 Å². The summed E-state index contributed by atoms with van der Waals surface area (Å²) in [4.78, 5) is 0. The van der Waals surface area contributed by atoms with Crippen LogP contribution in [0.15, 0.2) is 0 Å². The van der Waals surface area contributed by atoms with Crippen molar-refractivity contribution in [2.24, 2.45) is 40.7 Å². The first-order valence-electron chi connectivity index (χ1n) is 7.03. The lowest BCUT2D eigenvalue weighted by molar-refractivity contribution is 0.168. The van der Waals surface area contributed by atoms with Crippen molar-refractivity contribution in [3.8, 4) is 0 Å². The molecule has 0 rings (SSSR count). The van der Waals surface area contributed by atoms with E-state index < -0.39 is 0 Å². The Bertz CT molecular complexity index is 250. The molecule has 0 aliphatic rings. The predicted octanol–water partition coefficient (Wildman–Crippen LogP) is 1.03. The normalized spacial score (nSPS) is 22.7. The summed E-state index contributed by atoms with van der Waals surface area (Å²) in [5.74, 6) is 0.913. The summed E-state index contributed by atoms with van der Waals surface area (Å²) in [6.07, 6.45) is 0.803.